The number of nitrogens with one attached hydrogen (secondary N) is 3. The van der Waals surface area contributed by atoms with Gasteiger partial charge >= 0.3 is 0 Å². The molecule has 0 bridgehead atoms. The van der Waals surface area contributed by atoms with Crippen molar-refractivity contribution in [3.63, 3.8) is 0 Å². The van der Waals surface area contributed by atoms with Crippen LogP contribution in [0.25, 0.3) is 0 Å². The summed E-state index contributed by atoms with van der Waals surface area (Å²) in [5.74, 6) is 0.386. The van der Waals surface area contributed by atoms with E-state index in [2.05, 4.69) is 30.2 Å². The van der Waals surface area contributed by atoms with Crippen molar-refractivity contribution in [2.75, 3.05) is 23.7 Å². The first kappa shape index (κ1) is 27.6. The number of nitrogens with zero attached hydrogens (tertiary/aromatic N) is 3. The summed E-state index contributed by atoms with van der Waals surface area (Å²) in [4.78, 5) is 11.1. The average molecular weight is 565 g/mol. The van der Waals surface area contributed by atoms with E-state index in [1.165, 1.54) is 24.3 Å². The number of hydrogen-bond acceptors (Lipinski definition) is 7. The molecule has 1 aliphatic heterocycles. The molecule has 1 fully saturated rings. The highest BCUT2D eigenvalue weighted by Crippen LogP contribution is 2.19. The maximum atomic E-state index is 13.1. The van der Waals surface area contributed by atoms with Gasteiger partial charge in [-0.15, -0.1) is 0 Å². The molecule has 1 aromatic heterocycles. The first-order chi connectivity index (χ1) is 19.3. The topological polar surface area (TPSA) is 99.3 Å². The van der Waals surface area contributed by atoms with E-state index in [1.54, 1.807) is 60.8 Å². The Bertz CT molecular complexity index is 1510. The zero-order valence-corrected chi connectivity index (χ0v) is 22.5. The van der Waals surface area contributed by atoms with Crippen LogP contribution < -0.4 is 15.4 Å². The van der Waals surface area contributed by atoms with E-state index < -0.39 is 10.0 Å². The third-order valence-corrected chi connectivity index (χ3v) is 8.22. The van der Waals surface area contributed by atoms with Crippen LogP contribution in [0.2, 0.25) is 0 Å². The van der Waals surface area contributed by atoms with Gasteiger partial charge in [-0.1, -0.05) is 24.3 Å². The molecule has 0 atom stereocenters. The summed E-state index contributed by atoms with van der Waals surface area (Å²) in [6.45, 7) is 2.64. The fourth-order valence-electron chi connectivity index (χ4n) is 4.51. The molecule has 208 valence electrons. The number of likely N-dealkylation sites (tertiary alicyclic amines) is 1. The third-order valence-electron chi connectivity index (χ3n) is 6.69. The van der Waals surface area contributed by atoms with Crippen LogP contribution in [0.15, 0.2) is 90.0 Å². The highest BCUT2D eigenvalue weighted by Gasteiger charge is 2.24. The molecule has 1 saturated heterocycles. The normalized spacial score (nSPS) is 14.7. The van der Waals surface area contributed by atoms with E-state index in [4.69, 9.17) is 0 Å². The molecule has 0 amide bonds. The van der Waals surface area contributed by atoms with Gasteiger partial charge in [0.15, 0.2) is 0 Å². The van der Waals surface area contributed by atoms with Crippen molar-refractivity contribution in [2.45, 2.75) is 36.9 Å². The second kappa shape index (κ2) is 12.5. The molecule has 0 unspecified atom stereocenters. The Morgan fingerprint density at radius 1 is 0.825 bits per heavy atom. The number of sulfonamides is 1. The quantitative estimate of drug-likeness (QED) is 0.248. The first-order valence-corrected chi connectivity index (χ1v) is 14.5. The number of anilines is 3. The van der Waals surface area contributed by atoms with Crippen LogP contribution in [0.5, 0.6) is 0 Å². The fraction of sp³-hybridized carbons (Fsp3) is 0.241. The van der Waals surface area contributed by atoms with E-state index in [0.29, 0.717) is 36.8 Å². The van der Waals surface area contributed by atoms with Crippen LogP contribution in [0.3, 0.4) is 0 Å². The lowest BCUT2D eigenvalue weighted by atomic mass is 10.1. The Labute approximate surface area is 232 Å². The molecule has 3 N–H and O–H groups in total. The lowest BCUT2D eigenvalue weighted by Gasteiger charge is -2.32. The van der Waals surface area contributed by atoms with Gasteiger partial charge in [-0.25, -0.2) is 26.9 Å². The third kappa shape index (κ3) is 7.59. The van der Waals surface area contributed by atoms with Gasteiger partial charge in [-0.2, -0.15) is 4.98 Å². The van der Waals surface area contributed by atoms with Crippen molar-refractivity contribution in [3.05, 3.63) is 108 Å². The second-order valence-electron chi connectivity index (χ2n) is 9.69. The number of piperidine rings is 1. The molecular formula is C29H30F2N6O2S. The number of aromatic nitrogens is 2. The van der Waals surface area contributed by atoms with Gasteiger partial charge in [-0.3, -0.25) is 4.90 Å². The minimum absolute atomic E-state index is 0.135. The molecule has 5 rings (SSSR count). The fourth-order valence-corrected chi connectivity index (χ4v) is 5.81. The lowest BCUT2D eigenvalue weighted by Crippen LogP contribution is -2.44. The van der Waals surface area contributed by atoms with Crippen LogP contribution in [0, 0.1) is 11.6 Å². The molecule has 0 spiro atoms. The Balaban J connectivity index is 1.10. The molecule has 2 heterocycles. The molecule has 0 radical (unpaired) electrons. The summed E-state index contributed by atoms with van der Waals surface area (Å²) in [6.07, 6.45) is 3.02. The summed E-state index contributed by atoms with van der Waals surface area (Å²) in [5.41, 5.74) is 2.61. The number of hydrogen-bond donors (Lipinski definition) is 3. The second-order valence-corrected chi connectivity index (χ2v) is 11.4. The summed E-state index contributed by atoms with van der Waals surface area (Å²) in [7, 11) is -3.65. The van der Waals surface area contributed by atoms with E-state index in [1.807, 2.05) is 0 Å². The SMILES string of the molecule is O=S(=O)(NC1CCN(Cc2ccc(F)cc2)CC1)c1ccc(CNc2nccc(Nc3ccc(F)cc3)n2)cc1. The molecule has 8 nitrogen and oxygen atoms in total. The van der Waals surface area contributed by atoms with E-state index in [-0.39, 0.29) is 22.6 Å². The van der Waals surface area contributed by atoms with Gasteiger partial charge in [0, 0.05) is 44.1 Å². The Hall–Kier alpha value is -3.93. The zero-order valence-electron chi connectivity index (χ0n) is 21.7. The van der Waals surface area contributed by atoms with Crippen molar-refractivity contribution in [1.82, 2.24) is 19.6 Å². The van der Waals surface area contributed by atoms with Crippen molar-refractivity contribution in [2.24, 2.45) is 0 Å². The summed E-state index contributed by atoms with van der Waals surface area (Å²) in [5, 5.41) is 6.23. The largest absolute Gasteiger partial charge is 0.350 e. The summed E-state index contributed by atoms with van der Waals surface area (Å²) >= 11 is 0. The van der Waals surface area contributed by atoms with Crippen molar-refractivity contribution >= 4 is 27.5 Å². The Morgan fingerprint density at radius 2 is 1.45 bits per heavy atom. The Kier molecular flexibility index (Phi) is 8.63. The number of rotatable bonds is 10. The van der Waals surface area contributed by atoms with Crippen LogP contribution in [0.4, 0.5) is 26.2 Å². The molecule has 0 aliphatic carbocycles. The van der Waals surface area contributed by atoms with E-state index >= 15 is 0 Å². The molecule has 40 heavy (non-hydrogen) atoms. The standard InChI is InChI=1S/C29H30F2N6O2S/c30-23-5-1-22(2-6-23)20-37-17-14-26(15-18-37)36-40(38,39)27-11-3-21(4-12-27)19-33-29-32-16-13-28(35-29)34-25-9-7-24(31)8-10-25/h1-13,16,26,36H,14-15,17-20H2,(H2,32,33,34,35). The Morgan fingerprint density at radius 3 is 2.12 bits per heavy atom. The molecular weight excluding hydrogens is 534 g/mol. The summed E-state index contributed by atoms with van der Waals surface area (Å²) in [6, 6.07) is 20.7. The average Bonchev–Trinajstić information content (AvgIpc) is 2.96. The maximum absolute atomic E-state index is 13.1. The first-order valence-electron chi connectivity index (χ1n) is 13.0. The van der Waals surface area contributed by atoms with Gasteiger partial charge in [0.1, 0.15) is 17.5 Å². The monoisotopic (exact) mass is 564 g/mol. The van der Waals surface area contributed by atoms with Crippen LogP contribution >= 0.6 is 0 Å². The lowest BCUT2D eigenvalue weighted by molar-refractivity contribution is 0.200. The molecule has 3 aromatic carbocycles. The number of halogens is 2. The van der Waals surface area contributed by atoms with E-state index in [9.17, 15) is 17.2 Å². The van der Waals surface area contributed by atoms with Crippen LogP contribution in [0.1, 0.15) is 24.0 Å². The van der Waals surface area contributed by atoms with Gasteiger partial charge < -0.3 is 10.6 Å². The maximum Gasteiger partial charge on any atom is 0.240 e. The van der Waals surface area contributed by atoms with Gasteiger partial charge in [0.05, 0.1) is 4.90 Å². The minimum atomic E-state index is -3.65. The molecule has 0 saturated carbocycles. The predicted octanol–water partition coefficient (Wildman–Crippen LogP) is 5.05. The highest BCUT2D eigenvalue weighted by atomic mass is 32.2. The van der Waals surface area contributed by atoms with Crippen molar-refractivity contribution in [3.8, 4) is 0 Å². The molecule has 4 aromatic rings. The smallest absolute Gasteiger partial charge is 0.240 e. The van der Waals surface area contributed by atoms with Crippen molar-refractivity contribution in [1.29, 1.82) is 0 Å². The number of benzene rings is 3. The summed E-state index contributed by atoms with van der Waals surface area (Å²) < 4.78 is 55.1. The van der Waals surface area contributed by atoms with Gasteiger partial charge in [0.2, 0.25) is 16.0 Å². The van der Waals surface area contributed by atoms with Gasteiger partial charge in [0.25, 0.3) is 0 Å². The highest BCUT2D eigenvalue weighted by molar-refractivity contribution is 7.89. The zero-order chi connectivity index (χ0) is 28.0. The van der Waals surface area contributed by atoms with Crippen LogP contribution in [-0.4, -0.2) is 42.4 Å². The van der Waals surface area contributed by atoms with Gasteiger partial charge in [-0.05, 0) is 78.6 Å². The predicted molar refractivity (Wildman–Crippen MR) is 151 cm³/mol. The van der Waals surface area contributed by atoms with Crippen LogP contribution in [-0.2, 0) is 23.1 Å². The molecule has 1 aliphatic rings. The minimum Gasteiger partial charge on any atom is -0.350 e. The van der Waals surface area contributed by atoms with Crippen molar-refractivity contribution < 1.29 is 17.2 Å². The van der Waals surface area contributed by atoms with E-state index in [0.717, 1.165) is 30.8 Å². The molecule has 11 heteroatoms.